The van der Waals surface area contributed by atoms with Gasteiger partial charge in [-0.1, -0.05) is 39.9 Å². The topological polar surface area (TPSA) is 58.0 Å². The summed E-state index contributed by atoms with van der Waals surface area (Å²) in [6.07, 6.45) is 0.612. The largest absolute Gasteiger partial charge is 0.492 e. The zero-order chi connectivity index (χ0) is 12.0. The van der Waals surface area contributed by atoms with E-state index in [0.29, 0.717) is 40.4 Å². The van der Waals surface area contributed by atoms with E-state index in [4.69, 9.17) is 45.1 Å². The number of ether oxygens (including phenoxy) is 1. The van der Waals surface area contributed by atoms with Crippen molar-refractivity contribution in [1.29, 1.82) is 0 Å². The molecule has 0 N–H and O–H groups in total. The Morgan fingerprint density at radius 1 is 1.19 bits per heavy atom. The Balaban J connectivity index is 2.53. The molecule has 0 aliphatic rings. The van der Waals surface area contributed by atoms with Gasteiger partial charge >= 0.3 is 0 Å². The predicted octanol–water partition coefficient (Wildman–Crippen LogP) is 4.73. The van der Waals surface area contributed by atoms with Gasteiger partial charge in [-0.15, -0.1) is 0 Å². The maximum Gasteiger partial charge on any atom is 0.139 e. The molecule has 0 unspecified atom stereocenters. The number of benzene rings is 1. The second-order valence-corrected chi connectivity index (χ2v) is 4.07. The molecule has 0 saturated heterocycles. The van der Waals surface area contributed by atoms with E-state index in [1.54, 1.807) is 6.07 Å². The first-order valence-corrected chi connectivity index (χ1v) is 5.56. The number of hydrogen-bond acceptors (Lipinski definition) is 2. The molecule has 1 rings (SSSR count). The molecule has 0 aliphatic heterocycles. The standard InChI is InChI=1S/C9H8Cl3N3O/c10-6-4-8(12)9(5-7(6)11)16-3-1-2-14-15-13/h4-5H,1-3H2. The lowest BCUT2D eigenvalue weighted by Crippen LogP contribution is -1.99. The molecule has 0 heterocycles. The highest BCUT2D eigenvalue weighted by molar-refractivity contribution is 6.43. The van der Waals surface area contributed by atoms with Crippen molar-refractivity contribution >= 4 is 34.8 Å². The van der Waals surface area contributed by atoms with Crippen molar-refractivity contribution < 1.29 is 4.74 Å². The van der Waals surface area contributed by atoms with Crippen LogP contribution in [0.5, 0.6) is 5.75 Å². The predicted molar refractivity (Wildman–Crippen MR) is 65.6 cm³/mol. The summed E-state index contributed by atoms with van der Waals surface area (Å²) in [6, 6.07) is 3.08. The highest BCUT2D eigenvalue weighted by Crippen LogP contribution is 2.33. The van der Waals surface area contributed by atoms with Gasteiger partial charge in [-0.2, -0.15) is 0 Å². The number of hydrogen-bond donors (Lipinski definition) is 0. The fraction of sp³-hybridized carbons (Fsp3) is 0.333. The minimum atomic E-state index is 0.382. The van der Waals surface area contributed by atoms with E-state index in [0.717, 1.165) is 0 Å². The fourth-order valence-electron chi connectivity index (χ4n) is 0.977. The minimum Gasteiger partial charge on any atom is -0.492 e. The van der Waals surface area contributed by atoms with Crippen LogP contribution in [0.4, 0.5) is 0 Å². The zero-order valence-electron chi connectivity index (χ0n) is 8.16. The summed E-state index contributed by atoms with van der Waals surface area (Å²) >= 11 is 17.5. The number of halogens is 3. The summed E-state index contributed by atoms with van der Waals surface area (Å²) in [6.45, 7) is 0.784. The fourth-order valence-corrected chi connectivity index (χ4v) is 1.57. The van der Waals surface area contributed by atoms with Crippen LogP contribution in [0.15, 0.2) is 17.2 Å². The van der Waals surface area contributed by atoms with E-state index < -0.39 is 0 Å². The Bertz CT molecular complexity index is 419. The molecule has 16 heavy (non-hydrogen) atoms. The van der Waals surface area contributed by atoms with E-state index in [-0.39, 0.29) is 0 Å². The van der Waals surface area contributed by atoms with Crippen molar-refractivity contribution in [3.8, 4) is 5.75 Å². The van der Waals surface area contributed by atoms with Gasteiger partial charge in [-0.25, -0.2) is 0 Å². The molecular weight excluding hydrogens is 272 g/mol. The van der Waals surface area contributed by atoms with Crippen LogP contribution in [0, 0.1) is 0 Å². The third kappa shape index (κ3) is 3.99. The van der Waals surface area contributed by atoms with Gasteiger partial charge in [-0.3, -0.25) is 0 Å². The van der Waals surface area contributed by atoms with Gasteiger partial charge in [0, 0.05) is 17.5 Å². The second kappa shape index (κ2) is 6.71. The average Bonchev–Trinajstić information content (AvgIpc) is 2.25. The van der Waals surface area contributed by atoms with Crippen molar-refractivity contribution in [2.24, 2.45) is 5.11 Å². The monoisotopic (exact) mass is 279 g/mol. The molecule has 1 aromatic carbocycles. The van der Waals surface area contributed by atoms with E-state index >= 15 is 0 Å². The Kier molecular flexibility index (Phi) is 5.56. The van der Waals surface area contributed by atoms with E-state index in [1.807, 2.05) is 0 Å². The SMILES string of the molecule is [N-]=[N+]=NCCCOc1cc(Cl)c(Cl)cc1Cl. The van der Waals surface area contributed by atoms with Gasteiger partial charge < -0.3 is 4.74 Å². The first-order chi connectivity index (χ1) is 7.65. The molecule has 4 nitrogen and oxygen atoms in total. The van der Waals surface area contributed by atoms with Crippen LogP contribution in [0.25, 0.3) is 10.4 Å². The summed E-state index contributed by atoms with van der Waals surface area (Å²) in [5, 5.41) is 4.55. The molecule has 0 aromatic heterocycles. The van der Waals surface area contributed by atoms with Crippen molar-refractivity contribution in [3.63, 3.8) is 0 Å². The molecule has 1 aromatic rings. The van der Waals surface area contributed by atoms with Crippen LogP contribution in [-0.4, -0.2) is 13.2 Å². The van der Waals surface area contributed by atoms with Crippen LogP contribution in [-0.2, 0) is 0 Å². The highest BCUT2D eigenvalue weighted by atomic mass is 35.5. The maximum atomic E-state index is 8.06. The first kappa shape index (κ1) is 13.3. The molecule has 0 spiro atoms. The van der Waals surface area contributed by atoms with Crippen LogP contribution in [0.2, 0.25) is 15.1 Å². The van der Waals surface area contributed by atoms with Gasteiger partial charge in [0.25, 0.3) is 0 Å². The summed E-state index contributed by atoms with van der Waals surface area (Å²) in [4.78, 5) is 2.63. The molecule has 0 saturated carbocycles. The smallest absolute Gasteiger partial charge is 0.139 e. The van der Waals surface area contributed by atoms with Crippen molar-refractivity contribution in [2.45, 2.75) is 6.42 Å². The molecule has 0 bridgehead atoms. The van der Waals surface area contributed by atoms with Gasteiger partial charge in [-0.05, 0) is 18.0 Å². The summed E-state index contributed by atoms with van der Waals surface area (Å²) in [5.74, 6) is 0.469. The molecular formula is C9H8Cl3N3O. The van der Waals surface area contributed by atoms with Crippen LogP contribution in [0.1, 0.15) is 6.42 Å². The van der Waals surface area contributed by atoms with E-state index in [1.165, 1.54) is 6.07 Å². The number of nitrogens with zero attached hydrogens (tertiary/aromatic N) is 3. The number of azide groups is 1. The quantitative estimate of drug-likeness (QED) is 0.253. The molecule has 0 fully saturated rings. The molecule has 86 valence electrons. The Hall–Kier alpha value is -0.800. The normalized spacial score (nSPS) is 9.69. The van der Waals surface area contributed by atoms with Gasteiger partial charge in [0.1, 0.15) is 5.75 Å². The lowest BCUT2D eigenvalue weighted by atomic mass is 10.3. The maximum absolute atomic E-state index is 8.06. The van der Waals surface area contributed by atoms with E-state index in [9.17, 15) is 0 Å². The van der Waals surface area contributed by atoms with Crippen molar-refractivity contribution in [3.05, 3.63) is 37.6 Å². The molecule has 0 aliphatic carbocycles. The van der Waals surface area contributed by atoms with Gasteiger partial charge in [0.2, 0.25) is 0 Å². The summed E-state index contributed by atoms with van der Waals surface area (Å²) in [7, 11) is 0. The lowest BCUT2D eigenvalue weighted by molar-refractivity contribution is 0.313. The van der Waals surface area contributed by atoms with Crippen molar-refractivity contribution in [2.75, 3.05) is 13.2 Å². The minimum absolute atomic E-state index is 0.382. The van der Waals surface area contributed by atoms with Crippen molar-refractivity contribution in [1.82, 2.24) is 0 Å². The summed E-state index contributed by atoms with van der Waals surface area (Å²) < 4.78 is 5.36. The van der Waals surface area contributed by atoms with Gasteiger partial charge in [0.15, 0.2) is 0 Å². The Labute approximate surface area is 108 Å². The van der Waals surface area contributed by atoms with Gasteiger partial charge in [0.05, 0.1) is 21.7 Å². The zero-order valence-corrected chi connectivity index (χ0v) is 10.4. The summed E-state index contributed by atoms with van der Waals surface area (Å²) in [5.41, 5.74) is 8.06. The molecule has 0 radical (unpaired) electrons. The second-order valence-electron chi connectivity index (χ2n) is 2.85. The molecule has 0 atom stereocenters. The van der Waals surface area contributed by atoms with Crippen LogP contribution < -0.4 is 4.74 Å². The average molecular weight is 281 g/mol. The Morgan fingerprint density at radius 2 is 1.88 bits per heavy atom. The third-order valence-corrected chi connectivity index (χ3v) is 2.72. The molecule has 7 heteroatoms. The van der Waals surface area contributed by atoms with Crippen LogP contribution >= 0.6 is 34.8 Å². The molecule has 0 amide bonds. The highest BCUT2D eigenvalue weighted by Gasteiger charge is 2.06. The third-order valence-electron chi connectivity index (χ3n) is 1.70. The Morgan fingerprint density at radius 3 is 2.56 bits per heavy atom. The van der Waals surface area contributed by atoms with E-state index in [2.05, 4.69) is 10.0 Å². The number of rotatable bonds is 5. The van der Waals surface area contributed by atoms with Crippen LogP contribution in [0.3, 0.4) is 0 Å². The lowest BCUT2D eigenvalue weighted by Gasteiger charge is -2.08. The first-order valence-electron chi connectivity index (χ1n) is 4.43.